The van der Waals surface area contributed by atoms with Crippen LogP contribution < -0.4 is 0 Å². The maximum Gasteiger partial charge on any atom is 0.130 e. The molecule has 0 unspecified atom stereocenters. The first-order chi connectivity index (χ1) is 10.3. The Hall–Kier alpha value is -0.0800. The van der Waals surface area contributed by atoms with Gasteiger partial charge in [0.1, 0.15) is 16.8 Å². The highest BCUT2D eigenvalue weighted by Crippen LogP contribution is 2.80. The fraction of sp³-hybridized carbons (Fsp3) is 1.00. The molecule has 2 nitrogen and oxygen atoms in total. The Morgan fingerprint density at radius 2 is 1.86 bits per heavy atom. The average molecular weight is 304 g/mol. The molecule has 0 spiro atoms. The summed E-state index contributed by atoms with van der Waals surface area (Å²) < 4.78 is 12.8. The van der Waals surface area contributed by atoms with E-state index in [1.54, 1.807) is 0 Å². The van der Waals surface area contributed by atoms with Crippen molar-refractivity contribution < 1.29 is 9.47 Å². The third-order valence-electron chi connectivity index (χ3n) is 8.91. The number of hydrogen-bond acceptors (Lipinski definition) is 2. The molecule has 2 heterocycles. The van der Waals surface area contributed by atoms with Crippen molar-refractivity contribution >= 4 is 0 Å². The van der Waals surface area contributed by atoms with Crippen molar-refractivity contribution in [2.75, 3.05) is 0 Å². The van der Waals surface area contributed by atoms with Crippen LogP contribution in [0, 0.1) is 29.1 Å². The van der Waals surface area contributed by atoms with Gasteiger partial charge >= 0.3 is 0 Å². The highest BCUT2D eigenvalue weighted by Gasteiger charge is 2.93. The van der Waals surface area contributed by atoms with Crippen LogP contribution in [0.2, 0.25) is 0 Å². The number of rotatable bonds is 1. The topological polar surface area (TPSA) is 25.1 Å². The fourth-order valence-electron chi connectivity index (χ4n) is 7.41. The van der Waals surface area contributed by atoms with E-state index in [4.69, 9.17) is 9.47 Å². The van der Waals surface area contributed by atoms with Crippen molar-refractivity contribution in [1.29, 1.82) is 0 Å². The van der Waals surface area contributed by atoms with Crippen molar-refractivity contribution in [3.8, 4) is 0 Å². The number of epoxide rings is 2. The van der Waals surface area contributed by atoms with Crippen molar-refractivity contribution in [2.24, 2.45) is 29.1 Å². The Kier molecular flexibility index (Phi) is 2.45. The molecule has 2 aliphatic heterocycles. The standard InChI is InChI=1S/C20H32O2/c1-12(2)14-8-9-17(4)11-20-18(5)16(21-18)10-19(20,22-20)13(3)6-7-15(14)17/h12-16H,6-11H2,1-5H3/t13-,14+,15+,16+,17-,18+,19-,20-/m1/s1. The van der Waals surface area contributed by atoms with Gasteiger partial charge in [0.2, 0.25) is 0 Å². The molecule has 8 atom stereocenters. The molecule has 2 saturated heterocycles. The Labute approximate surface area is 135 Å². The zero-order valence-electron chi connectivity index (χ0n) is 14.9. The van der Waals surface area contributed by atoms with Crippen LogP contribution in [0.25, 0.3) is 0 Å². The summed E-state index contributed by atoms with van der Waals surface area (Å²) in [5.74, 6) is 3.35. The fourth-order valence-corrected chi connectivity index (χ4v) is 7.41. The summed E-state index contributed by atoms with van der Waals surface area (Å²) in [6, 6.07) is 0. The van der Waals surface area contributed by atoms with E-state index < -0.39 is 0 Å². The van der Waals surface area contributed by atoms with Crippen molar-refractivity contribution in [1.82, 2.24) is 0 Å². The van der Waals surface area contributed by atoms with Crippen molar-refractivity contribution in [3.63, 3.8) is 0 Å². The minimum absolute atomic E-state index is 0.0437. The number of ether oxygens (including phenoxy) is 2. The second-order valence-corrected chi connectivity index (χ2v) is 10.1. The predicted octanol–water partition coefficient (Wildman–Crippen LogP) is 4.56. The van der Waals surface area contributed by atoms with Gasteiger partial charge in [-0.1, -0.05) is 27.7 Å². The van der Waals surface area contributed by atoms with Gasteiger partial charge in [0.15, 0.2) is 0 Å². The average Bonchev–Trinajstić information content (AvgIpc) is 3.22. The van der Waals surface area contributed by atoms with E-state index in [0.717, 1.165) is 17.8 Å². The third kappa shape index (κ3) is 1.34. The van der Waals surface area contributed by atoms with Crippen molar-refractivity contribution in [3.05, 3.63) is 0 Å². The van der Waals surface area contributed by atoms with E-state index in [0.29, 0.717) is 17.4 Å². The zero-order valence-corrected chi connectivity index (χ0v) is 14.9. The highest BCUT2D eigenvalue weighted by molar-refractivity contribution is 5.40. The second kappa shape index (κ2) is 3.77. The molecule has 22 heavy (non-hydrogen) atoms. The van der Waals surface area contributed by atoms with E-state index in [2.05, 4.69) is 34.6 Å². The van der Waals surface area contributed by atoms with Gasteiger partial charge in [0.05, 0.1) is 6.10 Å². The molecule has 0 aromatic rings. The molecule has 0 radical (unpaired) electrons. The van der Waals surface area contributed by atoms with E-state index in [-0.39, 0.29) is 16.8 Å². The predicted molar refractivity (Wildman–Crippen MR) is 86.6 cm³/mol. The molecule has 0 amide bonds. The lowest BCUT2D eigenvalue weighted by Gasteiger charge is -2.41. The molecule has 5 rings (SSSR count). The van der Waals surface area contributed by atoms with Gasteiger partial charge < -0.3 is 9.47 Å². The summed E-state index contributed by atoms with van der Waals surface area (Å²) in [5.41, 5.74) is 0.751. The second-order valence-electron chi connectivity index (χ2n) is 10.1. The highest BCUT2D eigenvalue weighted by atomic mass is 16.7. The molecule has 0 aromatic carbocycles. The molecule has 3 aliphatic carbocycles. The normalized spacial score (nSPS) is 65.2. The summed E-state index contributed by atoms with van der Waals surface area (Å²) in [6.07, 6.45) is 8.52. The summed E-state index contributed by atoms with van der Waals surface area (Å²) >= 11 is 0. The molecule has 0 N–H and O–H groups in total. The Morgan fingerprint density at radius 1 is 1.09 bits per heavy atom. The molecule has 0 aromatic heterocycles. The van der Waals surface area contributed by atoms with Crippen LogP contribution in [0.1, 0.15) is 73.1 Å². The molecule has 124 valence electrons. The van der Waals surface area contributed by atoms with Crippen LogP contribution in [0.4, 0.5) is 0 Å². The minimum atomic E-state index is 0.0437. The summed E-state index contributed by atoms with van der Waals surface area (Å²) in [4.78, 5) is 0. The largest absolute Gasteiger partial charge is 0.363 e. The van der Waals surface area contributed by atoms with Gasteiger partial charge in [-0.15, -0.1) is 0 Å². The van der Waals surface area contributed by atoms with E-state index in [9.17, 15) is 0 Å². The minimum Gasteiger partial charge on any atom is -0.363 e. The molecule has 3 saturated carbocycles. The summed E-state index contributed by atoms with van der Waals surface area (Å²) in [6.45, 7) is 12.2. The van der Waals surface area contributed by atoms with Crippen LogP contribution in [0.5, 0.6) is 0 Å². The van der Waals surface area contributed by atoms with Gasteiger partial charge in [-0.2, -0.15) is 0 Å². The van der Waals surface area contributed by atoms with Crippen LogP contribution in [-0.4, -0.2) is 22.9 Å². The lowest BCUT2D eigenvalue weighted by Crippen LogP contribution is -2.45. The van der Waals surface area contributed by atoms with Gasteiger partial charge in [-0.05, 0) is 68.1 Å². The van der Waals surface area contributed by atoms with E-state index in [1.165, 1.54) is 38.5 Å². The van der Waals surface area contributed by atoms with Crippen LogP contribution >= 0.6 is 0 Å². The van der Waals surface area contributed by atoms with Gasteiger partial charge in [-0.25, -0.2) is 0 Å². The number of hydrogen-bond donors (Lipinski definition) is 0. The van der Waals surface area contributed by atoms with Crippen LogP contribution in [0.15, 0.2) is 0 Å². The molecule has 5 fully saturated rings. The Morgan fingerprint density at radius 3 is 2.59 bits per heavy atom. The van der Waals surface area contributed by atoms with Gasteiger partial charge in [-0.3, -0.25) is 0 Å². The smallest absolute Gasteiger partial charge is 0.130 e. The summed E-state index contributed by atoms with van der Waals surface area (Å²) in [7, 11) is 0. The lowest BCUT2D eigenvalue weighted by atomic mass is 9.61. The maximum atomic E-state index is 6.66. The molecule has 5 aliphatic rings. The first-order valence-corrected chi connectivity index (χ1v) is 9.66. The summed E-state index contributed by atoms with van der Waals surface area (Å²) in [5, 5.41) is 0. The molecule has 0 bridgehead atoms. The van der Waals surface area contributed by atoms with E-state index in [1.807, 2.05) is 0 Å². The first kappa shape index (κ1) is 14.3. The van der Waals surface area contributed by atoms with E-state index >= 15 is 0 Å². The lowest BCUT2D eigenvalue weighted by molar-refractivity contribution is 0.0605. The van der Waals surface area contributed by atoms with Crippen molar-refractivity contribution in [2.45, 2.75) is 96.1 Å². The number of fused-ring (bicyclic) bond motifs is 2. The third-order valence-corrected chi connectivity index (χ3v) is 8.91. The SMILES string of the molecule is CC(C)[C@@H]1CC[C@]2(C)C[C@]34O[C@]3(C[C@@H]3O[C@@]34C)[C@H](C)CC[C@@H]12. The van der Waals surface area contributed by atoms with Gasteiger partial charge in [0.25, 0.3) is 0 Å². The van der Waals surface area contributed by atoms with Gasteiger partial charge in [0, 0.05) is 6.42 Å². The molecule has 2 heteroatoms. The maximum absolute atomic E-state index is 6.66. The first-order valence-electron chi connectivity index (χ1n) is 9.66. The molecular formula is C20H32O2. The van der Waals surface area contributed by atoms with Crippen LogP contribution in [-0.2, 0) is 9.47 Å². The monoisotopic (exact) mass is 304 g/mol. The molecular weight excluding hydrogens is 272 g/mol. The van der Waals surface area contributed by atoms with Crippen LogP contribution in [0.3, 0.4) is 0 Å². The Bertz CT molecular complexity index is 530. The quantitative estimate of drug-likeness (QED) is 0.663. The Balaban J connectivity index is 1.54. The zero-order chi connectivity index (χ0) is 15.5.